The molecule has 4 aliphatic heterocycles. The predicted molar refractivity (Wildman–Crippen MR) is 130 cm³/mol. The number of hydrogen-bond acceptors (Lipinski definition) is 6. The Morgan fingerprint density at radius 3 is 2.46 bits per heavy atom. The minimum absolute atomic E-state index is 0.0503. The van der Waals surface area contributed by atoms with E-state index in [1.54, 1.807) is 11.0 Å². The summed E-state index contributed by atoms with van der Waals surface area (Å²) in [6.07, 6.45) is 1.46. The van der Waals surface area contributed by atoms with Crippen LogP contribution in [0.25, 0.3) is 5.57 Å². The van der Waals surface area contributed by atoms with E-state index in [1.165, 1.54) is 0 Å². The molecule has 2 aromatic rings. The van der Waals surface area contributed by atoms with Crippen LogP contribution in [0.2, 0.25) is 0 Å². The Balaban J connectivity index is 1.14. The van der Waals surface area contributed by atoms with E-state index in [0.29, 0.717) is 36.7 Å². The van der Waals surface area contributed by atoms with Gasteiger partial charge in [-0.05, 0) is 37.6 Å². The summed E-state index contributed by atoms with van der Waals surface area (Å²) in [4.78, 5) is 44.1. The fraction of sp³-hybridized carbons (Fsp3) is 0.370. The van der Waals surface area contributed by atoms with Crippen molar-refractivity contribution in [2.75, 3.05) is 44.2 Å². The summed E-state index contributed by atoms with van der Waals surface area (Å²) in [6.45, 7) is 7.49. The van der Waals surface area contributed by atoms with Crippen molar-refractivity contribution < 1.29 is 23.9 Å². The maximum absolute atomic E-state index is 13.1. The lowest BCUT2D eigenvalue weighted by Crippen LogP contribution is -2.54. The van der Waals surface area contributed by atoms with Gasteiger partial charge in [0, 0.05) is 38.3 Å². The van der Waals surface area contributed by atoms with Crippen LogP contribution >= 0.6 is 0 Å². The molecule has 4 aliphatic rings. The van der Waals surface area contributed by atoms with Crippen LogP contribution < -0.4 is 14.4 Å². The normalized spacial score (nSPS) is 22.7. The number of piperazine rings is 1. The fourth-order valence-electron chi connectivity index (χ4n) is 5.51. The quantitative estimate of drug-likeness (QED) is 0.637. The summed E-state index contributed by atoms with van der Waals surface area (Å²) in [6, 6.07) is 13.0. The molecule has 0 radical (unpaired) electrons. The van der Waals surface area contributed by atoms with Gasteiger partial charge in [0.05, 0.1) is 16.8 Å². The molecule has 1 saturated heterocycles. The first kappa shape index (κ1) is 21.9. The fourth-order valence-corrected chi connectivity index (χ4v) is 5.51. The zero-order valence-electron chi connectivity index (χ0n) is 19.8. The molecule has 1 atom stereocenters. The predicted octanol–water partition coefficient (Wildman–Crippen LogP) is 2.38. The van der Waals surface area contributed by atoms with Crippen LogP contribution in [0.4, 0.5) is 5.69 Å². The van der Waals surface area contributed by atoms with Crippen LogP contribution in [0.15, 0.2) is 48.5 Å². The van der Waals surface area contributed by atoms with Crippen molar-refractivity contribution in [2.24, 2.45) is 0 Å². The molecule has 6 rings (SSSR count). The second kappa shape index (κ2) is 7.95. The van der Waals surface area contributed by atoms with Gasteiger partial charge in [0.1, 0.15) is 6.61 Å². The maximum atomic E-state index is 13.1. The van der Waals surface area contributed by atoms with Gasteiger partial charge >= 0.3 is 0 Å². The standard InChI is InChI=1S/C27H27N3O5/c1-27(2)14-17(18-6-5-7-19-23(18)30(27)26(33)24(19)31)15-28-10-12-29(13-11-28)25(32)22-16-34-20-8-3-4-9-21(20)35-22/h3-9,14,22H,10-13,15-16H2,1-2H3/t22-/m0/s1. The Kier molecular flexibility index (Phi) is 4.96. The molecule has 2 amide bonds. The maximum Gasteiger partial charge on any atom is 0.300 e. The molecule has 0 bridgehead atoms. The van der Waals surface area contributed by atoms with Gasteiger partial charge in [-0.15, -0.1) is 0 Å². The smallest absolute Gasteiger partial charge is 0.300 e. The minimum Gasteiger partial charge on any atom is -0.485 e. The van der Waals surface area contributed by atoms with E-state index >= 15 is 0 Å². The number of ether oxygens (including phenoxy) is 2. The van der Waals surface area contributed by atoms with Crippen molar-refractivity contribution in [2.45, 2.75) is 25.5 Å². The Morgan fingerprint density at radius 2 is 1.69 bits per heavy atom. The summed E-state index contributed by atoms with van der Waals surface area (Å²) >= 11 is 0. The van der Waals surface area contributed by atoms with E-state index in [-0.39, 0.29) is 12.5 Å². The zero-order chi connectivity index (χ0) is 24.3. The van der Waals surface area contributed by atoms with Gasteiger partial charge in [0.25, 0.3) is 17.6 Å². The Hall–Kier alpha value is -3.65. The molecule has 35 heavy (non-hydrogen) atoms. The minimum atomic E-state index is -0.633. The monoisotopic (exact) mass is 473 g/mol. The summed E-state index contributed by atoms with van der Waals surface area (Å²) in [7, 11) is 0. The molecule has 1 fully saturated rings. The number of fused-ring (bicyclic) bond motifs is 1. The molecular weight excluding hydrogens is 446 g/mol. The SMILES string of the molecule is CC1(C)C=C(CN2CCN(C(=O)[C@@H]3COc4ccccc4O3)CC2)c2cccc3c2N1C(=O)C3=O. The molecule has 2 aromatic carbocycles. The van der Waals surface area contributed by atoms with Gasteiger partial charge in [-0.3, -0.25) is 24.2 Å². The molecule has 0 aliphatic carbocycles. The number of benzene rings is 2. The third-order valence-electron chi connectivity index (χ3n) is 7.21. The molecule has 4 heterocycles. The summed E-state index contributed by atoms with van der Waals surface area (Å²) in [5, 5.41) is 0. The van der Waals surface area contributed by atoms with Gasteiger partial charge in [-0.1, -0.05) is 30.3 Å². The average Bonchev–Trinajstić information content (AvgIpc) is 3.13. The highest BCUT2D eigenvalue weighted by Gasteiger charge is 2.47. The van der Waals surface area contributed by atoms with Gasteiger partial charge in [-0.2, -0.15) is 0 Å². The van der Waals surface area contributed by atoms with Crippen molar-refractivity contribution in [3.63, 3.8) is 0 Å². The van der Waals surface area contributed by atoms with Crippen LogP contribution in [0.5, 0.6) is 11.5 Å². The number of hydrogen-bond donors (Lipinski definition) is 0. The molecule has 0 spiro atoms. The summed E-state index contributed by atoms with van der Waals surface area (Å²) < 4.78 is 11.6. The van der Waals surface area contributed by atoms with Crippen LogP contribution in [0.3, 0.4) is 0 Å². The van der Waals surface area contributed by atoms with Crippen LogP contribution in [0, 0.1) is 0 Å². The largest absolute Gasteiger partial charge is 0.485 e. The highest BCUT2D eigenvalue weighted by molar-refractivity contribution is 6.53. The lowest BCUT2D eigenvalue weighted by Gasteiger charge is -2.41. The number of Topliss-reactive ketones (excluding diaryl/α,β-unsaturated/α-hetero) is 1. The number of carbonyl (C=O) groups excluding carboxylic acids is 3. The number of rotatable bonds is 3. The van der Waals surface area contributed by atoms with Crippen molar-refractivity contribution in [3.05, 3.63) is 59.7 Å². The van der Waals surface area contributed by atoms with E-state index in [1.807, 2.05) is 55.1 Å². The van der Waals surface area contributed by atoms with Crippen molar-refractivity contribution >= 4 is 28.9 Å². The number of para-hydroxylation sites is 3. The van der Waals surface area contributed by atoms with E-state index in [0.717, 1.165) is 29.9 Å². The highest BCUT2D eigenvalue weighted by atomic mass is 16.6. The van der Waals surface area contributed by atoms with Crippen molar-refractivity contribution in [1.29, 1.82) is 0 Å². The van der Waals surface area contributed by atoms with Gasteiger partial charge in [0.2, 0.25) is 6.10 Å². The molecule has 8 heteroatoms. The van der Waals surface area contributed by atoms with E-state index in [9.17, 15) is 14.4 Å². The van der Waals surface area contributed by atoms with E-state index < -0.39 is 23.3 Å². The van der Waals surface area contributed by atoms with Gasteiger partial charge in [0.15, 0.2) is 11.5 Å². The van der Waals surface area contributed by atoms with Crippen molar-refractivity contribution in [3.8, 4) is 11.5 Å². The first-order valence-corrected chi connectivity index (χ1v) is 12.0. The van der Waals surface area contributed by atoms with Crippen molar-refractivity contribution in [1.82, 2.24) is 9.80 Å². The Bertz CT molecular complexity index is 1280. The van der Waals surface area contributed by atoms with Crippen LogP contribution in [-0.4, -0.2) is 78.4 Å². The second-order valence-corrected chi connectivity index (χ2v) is 9.96. The highest BCUT2D eigenvalue weighted by Crippen LogP contribution is 2.45. The number of anilines is 1. The van der Waals surface area contributed by atoms with E-state index in [2.05, 4.69) is 11.0 Å². The number of ketones is 1. The number of carbonyl (C=O) groups is 3. The molecule has 0 saturated carbocycles. The molecule has 8 nitrogen and oxygen atoms in total. The van der Waals surface area contributed by atoms with Crippen LogP contribution in [-0.2, 0) is 9.59 Å². The number of amides is 2. The molecule has 0 unspecified atom stereocenters. The summed E-state index contributed by atoms with van der Waals surface area (Å²) in [5.74, 6) is 0.318. The first-order valence-electron chi connectivity index (χ1n) is 12.0. The van der Waals surface area contributed by atoms with Crippen LogP contribution in [0.1, 0.15) is 29.8 Å². The molecule has 0 aromatic heterocycles. The zero-order valence-corrected chi connectivity index (χ0v) is 19.8. The lowest BCUT2D eigenvalue weighted by atomic mass is 9.88. The molecule has 0 N–H and O–H groups in total. The average molecular weight is 474 g/mol. The Labute approximate surface area is 203 Å². The topological polar surface area (TPSA) is 79.4 Å². The van der Waals surface area contributed by atoms with Gasteiger partial charge < -0.3 is 14.4 Å². The second-order valence-electron chi connectivity index (χ2n) is 9.96. The third-order valence-corrected chi connectivity index (χ3v) is 7.21. The first-order chi connectivity index (χ1) is 16.8. The lowest BCUT2D eigenvalue weighted by molar-refractivity contribution is -0.142. The molecule has 180 valence electrons. The Morgan fingerprint density at radius 1 is 0.971 bits per heavy atom. The number of nitrogens with zero attached hydrogens (tertiary/aromatic N) is 3. The summed E-state index contributed by atoms with van der Waals surface area (Å²) in [5.41, 5.74) is 2.66. The third kappa shape index (κ3) is 3.51. The van der Waals surface area contributed by atoms with E-state index in [4.69, 9.17) is 9.47 Å². The van der Waals surface area contributed by atoms with Gasteiger partial charge in [-0.25, -0.2) is 0 Å². The molecular formula is C27H27N3O5.